The van der Waals surface area contributed by atoms with E-state index in [1.165, 1.54) is 0 Å². The van der Waals surface area contributed by atoms with Crippen LogP contribution in [0.25, 0.3) is 10.1 Å². The SMILES string of the molecule is COc1sc2ccc(Br)cc2c1N. The molecule has 1 aromatic heterocycles. The summed E-state index contributed by atoms with van der Waals surface area (Å²) in [6.07, 6.45) is 0. The maximum absolute atomic E-state index is 5.88. The predicted octanol–water partition coefficient (Wildman–Crippen LogP) is 3.25. The van der Waals surface area contributed by atoms with Gasteiger partial charge in [0, 0.05) is 14.6 Å². The van der Waals surface area contributed by atoms with E-state index in [4.69, 9.17) is 10.5 Å². The van der Waals surface area contributed by atoms with Crippen LogP contribution in [-0.2, 0) is 0 Å². The molecular formula is C9H8BrNOS. The first-order valence-electron chi connectivity index (χ1n) is 3.74. The minimum Gasteiger partial charge on any atom is -0.486 e. The van der Waals surface area contributed by atoms with Gasteiger partial charge in [-0.3, -0.25) is 0 Å². The highest BCUT2D eigenvalue weighted by atomic mass is 79.9. The van der Waals surface area contributed by atoms with Crippen LogP contribution in [0.3, 0.4) is 0 Å². The summed E-state index contributed by atoms with van der Waals surface area (Å²) in [7, 11) is 1.64. The summed E-state index contributed by atoms with van der Waals surface area (Å²) in [5.74, 6) is 0. The summed E-state index contributed by atoms with van der Waals surface area (Å²) in [6, 6.07) is 6.03. The number of benzene rings is 1. The van der Waals surface area contributed by atoms with Crippen LogP contribution in [-0.4, -0.2) is 7.11 Å². The van der Waals surface area contributed by atoms with Crippen LogP contribution in [0.4, 0.5) is 5.69 Å². The van der Waals surface area contributed by atoms with E-state index in [0.29, 0.717) is 0 Å². The maximum atomic E-state index is 5.88. The molecule has 1 heterocycles. The zero-order valence-corrected chi connectivity index (χ0v) is 9.41. The topological polar surface area (TPSA) is 35.2 Å². The van der Waals surface area contributed by atoms with Crippen LogP contribution in [0.15, 0.2) is 22.7 Å². The van der Waals surface area contributed by atoms with Gasteiger partial charge < -0.3 is 10.5 Å². The number of hydrogen-bond acceptors (Lipinski definition) is 3. The minimum absolute atomic E-state index is 0.726. The van der Waals surface area contributed by atoms with E-state index in [-0.39, 0.29) is 0 Å². The van der Waals surface area contributed by atoms with Crippen LogP contribution >= 0.6 is 27.3 Å². The third-order valence-corrected chi connectivity index (χ3v) is 3.48. The molecule has 0 saturated carbocycles. The summed E-state index contributed by atoms with van der Waals surface area (Å²) in [4.78, 5) is 0. The lowest BCUT2D eigenvalue weighted by Gasteiger charge is -1.95. The number of hydrogen-bond donors (Lipinski definition) is 1. The molecule has 1 aromatic carbocycles. The number of nitrogen functional groups attached to an aromatic ring is 1. The van der Waals surface area contributed by atoms with Gasteiger partial charge in [-0.15, -0.1) is 0 Å². The third kappa shape index (κ3) is 1.40. The van der Waals surface area contributed by atoms with Gasteiger partial charge >= 0.3 is 0 Å². The molecule has 68 valence electrons. The Morgan fingerprint density at radius 2 is 2.23 bits per heavy atom. The first-order chi connectivity index (χ1) is 6.22. The lowest BCUT2D eigenvalue weighted by atomic mass is 10.2. The van der Waals surface area contributed by atoms with Gasteiger partial charge in [0.15, 0.2) is 5.06 Å². The van der Waals surface area contributed by atoms with Gasteiger partial charge in [0.2, 0.25) is 0 Å². The van der Waals surface area contributed by atoms with Crippen molar-refractivity contribution in [3.05, 3.63) is 22.7 Å². The quantitative estimate of drug-likeness (QED) is 0.852. The number of thiophene rings is 1. The van der Waals surface area contributed by atoms with Gasteiger partial charge in [0.05, 0.1) is 12.8 Å². The molecule has 0 aliphatic rings. The number of halogens is 1. The molecule has 0 bridgehead atoms. The second-order valence-corrected chi connectivity index (χ2v) is 4.58. The Balaban J connectivity index is 2.77. The summed E-state index contributed by atoms with van der Waals surface area (Å²) >= 11 is 4.97. The molecule has 2 aromatic rings. The molecule has 0 saturated heterocycles. The Labute approximate surface area is 88.4 Å². The number of fused-ring (bicyclic) bond motifs is 1. The van der Waals surface area contributed by atoms with Crippen LogP contribution in [0.1, 0.15) is 0 Å². The van der Waals surface area contributed by atoms with Crippen molar-refractivity contribution in [3.8, 4) is 5.06 Å². The van der Waals surface area contributed by atoms with Crippen molar-refractivity contribution in [2.75, 3.05) is 12.8 Å². The first kappa shape index (κ1) is 8.84. The molecule has 0 aliphatic carbocycles. The Morgan fingerprint density at radius 3 is 2.92 bits per heavy atom. The summed E-state index contributed by atoms with van der Waals surface area (Å²) in [5.41, 5.74) is 6.61. The lowest BCUT2D eigenvalue weighted by Crippen LogP contribution is -1.86. The summed E-state index contributed by atoms with van der Waals surface area (Å²) < 4.78 is 7.33. The molecule has 0 spiro atoms. The molecule has 2 nitrogen and oxygen atoms in total. The second-order valence-electron chi connectivity index (χ2n) is 2.65. The van der Waals surface area contributed by atoms with Gasteiger partial charge in [-0.2, -0.15) is 0 Å². The Morgan fingerprint density at radius 1 is 1.46 bits per heavy atom. The largest absolute Gasteiger partial charge is 0.486 e. The fourth-order valence-corrected chi connectivity index (χ4v) is 2.50. The minimum atomic E-state index is 0.726. The van der Waals surface area contributed by atoms with E-state index in [9.17, 15) is 0 Å². The van der Waals surface area contributed by atoms with Crippen molar-refractivity contribution >= 4 is 43.0 Å². The average Bonchev–Trinajstić information content (AvgIpc) is 2.44. The average molecular weight is 258 g/mol. The number of anilines is 1. The number of ether oxygens (including phenoxy) is 1. The predicted molar refractivity (Wildman–Crippen MR) is 60.5 cm³/mol. The van der Waals surface area contributed by atoms with E-state index in [0.717, 1.165) is 25.3 Å². The fourth-order valence-electron chi connectivity index (χ4n) is 1.22. The van der Waals surface area contributed by atoms with Crippen molar-refractivity contribution < 1.29 is 4.74 Å². The molecule has 13 heavy (non-hydrogen) atoms. The molecule has 2 N–H and O–H groups in total. The zero-order chi connectivity index (χ0) is 9.42. The molecule has 0 atom stereocenters. The van der Waals surface area contributed by atoms with Gasteiger partial charge in [-0.05, 0) is 18.2 Å². The highest BCUT2D eigenvalue weighted by Crippen LogP contribution is 2.40. The van der Waals surface area contributed by atoms with Crippen molar-refractivity contribution in [1.29, 1.82) is 0 Å². The third-order valence-electron chi connectivity index (χ3n) is 1.84. The zero-order valence-electron chi connectivity index (χ0n) is 7.00. The summed E-state index contributed by atoms with van der Waals surface area (Å²) in [5, 5.41) is 1.84. The van der Waals surface area contributed by atoms with Crippen molar-refractivity contribution in [1.82, 2.24) is 0 Å². The molecule has 0 amide bonds. The van der Waals surface area contributed by atoms with E-state index in [1.54, 1.807) is 18.4 Å². The van der Waals surface area contributed by atoms with Gasteiger partial charge in [-0.1, -0.05) is 27.3 Å². The molecular weight excluding hydrogens is 250 g/mol. The highest BCUT2D eigenvalue weighted by molar-refractivity contribution is 9.10. The van der Waals surface area contributed by atoms with Crippen molar-refractivity contribution in [2.24, 2.45) is 0 Å². The van der Waals surface area contributed by atoms with Crippen molar-refractivity contribution in [2.45, 2.75) is 0 Å². The van der Waals surface area contributed by atoms with Crippen molar-refractivity contribution in [3.63, 3.8) is 0 Å². The number of rotatable bonds is 1. The standard InChI is InChI=1S/C9H8BrNOS/c1-12-9-8(11)6-4-5(10)2-3-7(6)13-9/h2-4H,11H2,1H3. The molecule has 0 aliphatic heterocycles. The number of methoxy groups -OCH3 is 1. The molecule has 4 heteroatoms. The van der Waals surface area contributed by atoms with Crippen LogP contribution in [0.2, 0.25) is 0 Å². The van der Waals surface area contributed by atoms with E-state index in [2.05, 4.69) is 15.9 Å². The smallest absolute Gasteiger partial charge is 0.198 e. The lowest BCUT2D eigenvalue weighted by molar-refractivity contribution is 0.429. The normalized spacial score (nSPS) is 10.6. The fraction of sp³-hybridized carbons (Fsp3) is 0.111. The van der Waals surface area contributed by atoms with E-state index < -0.39 is 0 Å². The number of nitrogens with two attached hydrogens (primary N) is 1. The Kier molecular flexibility index (Phi) is 2.17. The van der Waals surface area contributed by atoms with Gasteiger partial charge in [0.25, 0.3) is 0 Å². The van der Waals surface area contributed by atoms with Crippen LogP contribution in [0.5, 0.6) is 5.06 Å². The Hall–Kier alpha value is -0.740. The first-order valence-corrected chi connectivity index (χ1v) is 5.35. The molecule has 0 fully saturated rings. The van der Waals surface area contributed by atoms with Gasteiger partial charge in [-0.25, -0.2) is 0 Å². The van der Waals surface area contributed by atoms with E-state index in [1.807, 2.05) is 18.2 Å². The molecule has 2 rings (SSSR count). The second kappa shape index (κ2) is 3.20. The van der Waals surface area contributed by atoms with Gasteiger partial charge in [0.1, 0.15) is 0 Å². The highest BCUT2D eigenvalue weighted by Gasteiger charge is 2.08. The molecule has 0 unspecified atom stereocenters. The van der Waals surface area contributed by atoms with Crippen LogP contribution in [0, 0.1) is 0 Å². The molecule has 0 radical (unpaired) electrons. The monoisotopic (exact) mass is 257 g/mol. The maximum Gasteiger partial charge on any atom is 0.198 e. The summed E-state index contributed by atoms with van der Waals surface area (Å²) in [6.45, 7) is 0. The Bertz CT molecular complexity index is 452. The van der Waals surface area contributed by atoms with E-state index >= 15 is 0 Å². The van der Waals surface area contributed by atoms with Crippen LogP contribution < -0.4 is 10.5 Å².